The van der Waals surface area contributed by atoms with Crippen LogP contribution in [0.25, 0.3) is 0 Å². The summed E-state index contributed by atoms with van der Waals surface area (Å²) in [7, 11) is -5.07. The molecule has 0 saturated carbocycles. The summed E-state index contributed by atoms with van der Waals surface area (Å²) in [6.45, 7) is 3.66. The van der Waals surface area contributed by atoms with Gasteiger partial charge in [-0.3, -0.25) is 9.35 Å². The van der Waals surface area contributed by atoms with E-state index < -0.39 is 59.8 Å². The predicted octanol–water partition coefficient (Wildman–Crippen LogP) is 8.35. The molecule has 1 saturated heterocycles. The maximum atomic E-state index is 12.8. The summed E-state index contributed by atoms with van der Waals surface area (Å²) in [5.41, 5.74) is 0. The molecular formula is C44H74O12S. The Bertz CT molecular complexity index is 1280. The number of hydrogen-bond donors (Lipinski definition) is 4. The Balaban J connectivity index is 2.52. The number of aliphatic hydroxyl groups excluding tert-OH is 3. The molecule has 4 N–H and O–H groups in total. The van der Waals surface area contributed by atoms with Crippen molar-refractivity contribution >= 4 is 16.4 Å². The highest BCUT2D eigenvalue weighted by Gasteiger charge is 2.48. The van der Waals surface area contributed by atoms with Crippen LogP contribution in [0, 0.1) is 0 Å². The first-order chi connectivity index (χ1) is 27.6. The van der Waals surface area contributed by atoms with Crippen LogP contribution in [0.2, 0.25) is 0 Å². The summed E-state index contributed by atoms with van der Waals surface area (Å²) < 4.78 is 58.8. The van der Waals surface area contributed by atoms with Gasteiger partial charge < -0.3 is 34.3 Å². The van der Waals surface area contributed by atoms with Gasteiger partial charge in [-0.25, -0.2) is 4.18 Å². The van der Waals surface area contributed by atoms with Crippen LogP contribution in [-0.4, -0.2) is 97.5 Å². The van der Waals surface area contributed by atoms with E-state index in [1.807, 2.05) is 0 Å². The fourth-order valence-corrected chi connectivity index (χ4v) is 6.39. The van der Waals surface area contributed by atoms with Crippen LogP contribution < -0.4 is 0 Å². The van der Waals surface area contributed by atoms with E-state index in [0.717, 1.165) is 83.5 Å². The van der Waals surface area contributed by atoms with Crippen LogP contribution >= 0.6 is 0 Å². The van der Waals surface area contributed by atoms with Gasteiger partial charge in [0.1, 0.15) is 30.5 Å². The van der Waals surface area contributed by atoms with E-state index in [0.29, 0.717) is 13.0 Å². The first-order valence-electron chi connectivity index (χ1n) is 21.2. The average Bonchev–Trinajstić information content (AvgIpc) is 3.18. The molecule has 0 bridgehead atoms. The molecule has 13 heteroatoms. The van der Waals surface area contributed by atoms with Crippen LogP contribution in [0.1, 0.15) is 136 Å². The number of unbranched alkanes of at least 4 members (excludes halogenated alkanes) is 10. The number of carbonyl (C=O) groups is 1. The van der Waals surface area contributed by atoms with E-state index in [-0.39, 0.29) is 19.6 Å². The molecule has 12 nitrogen and oxygen atoms in total. The van der Waals surface area contributed by atoms with Crippen molar-refractivity contribution in [3.8, 4) is 0 Å². The SMILES string of the molecule is CC/C=C\C/C=C\C/C=C\C/C=C\CCCOCC(COC1OC(CO)C(O)C(OS(=O)(=O)O)C1O)OC(=O)CCCCCCC/C=C\C/C=C\CCCCCC. The third-order valence-electron chi connectivity index (χ3n) is 9.06. The van der Waals surface area contributed by atoms with Crippen molar-refractivity contribution in [1.82, 2.24) is 0 Å². The van der Waals surface area contributed by atoms with Crippen molar-refractivity contribution in [3.63, 3.8) is 0 Å². The quantitative estimate of drug-likeness (QED) is 0.0208. The second kappa shape index (κ2) is 35.5. The van der Waals surface area contributed by atoms with E-state index in [2.05, 4.69) is 90.9 Å². The Hall–Kier alpha value is -2.46. The van der Waals surface area contributed by atoms with E-state index in [1.165, 1.54) is 25.7 Å². The molecule has 0 spiro atoms. The summed E-state index contributed by atoms with van der Waals surface area (Å²) in [6, 6.07) is 0. The second-order valence-electron chi connectivity index (χ2n) is 14.2. The summed E-state index contributed by atoms with van der Waals surface area (Å²) in [4.78, 5) is 12.8. The highest BCUT2D eigenvalue weighted by Crippen LogP contribution is 2.26. The molecule has 0 amide bonds. The molecule has 57 heavy (non-hydrogen) atoms. The van der Waals surface area contributed by atoms with Gasteiger partial charge in [-0.05, 0) is 77.0 Å². The zero-order valence-electron chi connectivity index (χ0n) is 34.6. The largest absolute Gasteiger partial charge is 0.457 e. The number of carbonyl (C=O) groups excluding carboxylic acids is 1. The lowest BCUT2D eigenvalue weighted by Crippen LogP contribution is -2.60. The fourth-order valence-electron chi connectivity index (χ4n) is 5.88. The first-order valence-corrected chi connectivity index (χ1v) is 22.6. The molecule has 1 fully saturated rings. The summed E-state index contributed by atoms with van der Waals surface area (Å²) in [6.07, 6.45) is 35.2. The molecule has 0 aliphatic carbocycles. The number of allylic oxidation sites excluding steroid dienone is 12. The predicted molar refractivity (Wildman–Crippen MR) is 225 cm³/mol. The topological polar surface area (TPSA) is 178 Å². The maximum Gasteiger partial charge on any atom is 0.397 e. The van der Waals surface area contributed by atoms with Crippen LogP contribution in [0.3, 0.4) is 0 Å². The number of ether oxygens (including phenoxy) is 4. The van der Waals surface area contributed by atoms with E-state index >= 15 is 0 Å². The maximum absolute atomic E-state index is 12.8. The van der Waals surface area contributed by atoms with Crippen LogP contribution in [0.4, 0.5) is 0 Å². The van der Waals surface area contributed by atoms with Gasteiger partial charge in [0.05, 0.1) is 19.8 Å². The Morgan fingerprint density at radius 2 is 1.21 bits per heavy atom. The molecule has 1 heterocycles. The molecule has 6 atom stereocenters. The third kappa shape index (κ3) is 29.4. The standard InChI is InChI=1S/C44H74O12S/c1-3-5-7-9-11-13-15-17-19-20-21-23-25-27-29-31-33-40(46)54-38(36-52-34-32-30-28-26-24-22-18-16-14-12-10-8-6-4-2)37-53-44-42(48)43(56-57(49,50)51)41(47)39(35-45)55-44/h6,8,12-15,18-20,22,26,28,38-39,41-45,47-48H,3-5,7,9-11,16-17,21,23-25,27,29-37H2,1-2H3,(H,49,50,51)/b8-6-,14-12-,15-13-,20-19-,22-18-,28-26-. The van der Waals surface area contributed by atoms with E-state index in [1.54, 1.807) is 0 Å². The summed E-state index contributed by atoms with van der Waals surface area (Å²) in [5.74, 6) is -0.435. The third-order valence-corrected chi connectivity index (χ3v) is 9.53. The lowest BCUT2D eigenvalue weighted by atomic mass is 9.99. The van der Waals surface area contributed by atoms with Gasteiger partial charge in [0, 0.05) is 13.0 Å². The molecular weight excluding hydrogens is 753 g/mol. The van der Waals surface area contributed by atoms with Gasteiger partial charge in [-0.1, -0.05) is 125 Å². The number of esters is 1. The van der Waals surface area contributed by atoms with E-state index in [4.69, 9.17) is 23.5 Å². The number of hydrogen-bond acceptors (Lipinski definition) is 11. The lowest BCUT2D eigenvalue weighted by Gasteiger charge is -2.41. The normalized spacial score (nSPS) is 21.4. The van der Waals surface area contributed by atoms with Gasteiger partial charge in [0.25, 0.3) is 0 Å². The van der Waals surface area contributed by atoms with Gasteiger partial charge in [-0.15, -0.1) is 0 Å². The highest BCUT2D eigenvalue weighted by atomic mass is 32.3. The Morgan fingerprint density at radius 1 is 0.684 bits per heavy atom. The van der Waals surface area contributed by atoms with Crippen molar-refractivity contribution < 1.29 is 56.2 Å². The molecule has 0 aromatic carbocycles. The fraction of sp³-hybridized carbons (Fsp3) is 0.705. The van der Waals surface area contributed by atoms with Crippen LogP contribution in [0.5, 0.6) is 0 Å². The molecule has 0 radical (unpaired) electrons. The molecule has 1 aliphatic rings. The Kier molecular flexibility index (Phi) is 32.7. The zero-order valence-corrected chi connectivity index (χ0v) is 35.4. The molecule has 1 rings (SSSR count). The van der Waals surface area contributed by atoms with Gasteiger partial charge in [0.2, 0.25) is 0 Å². The molecule has 328 valence electrons. The van der Waals surface area contributed by atoms with Gasteiger partial charge >= 0.3 is 16.4 Å². The monoisotopic (exact) mass is 826 g/mol. The van der Waals surface area contributed by atoms with Crippen molar-refractivity contribution in [3.05, 3.63) is 72.9 Å². The van der Waals surface area contributed by atoms with Crippen molar-refractivity contribution in [2.75, 3.05) is 26.4 Å². The summed E-state index contributed by atoms with van der Waals surface area (Å²) in [5, 5.41) is 30.6. The van der Waals surface area contributed by atoms with Crippen molar-refractivity contribution in [2.24, 2.45) is 0 Å². The molecule has 0 aromatic heterocycles. The first kappa shape index (κ1) is 52.6. The molecule has 0 aromatic rings. The summed E-state index contributed by atoms with van der Waals surface area (Å²) >= 11 is 0. The van der Waals surface area contributed by atoms with Gasteiger partial charge in [0.15, 0.2) is 6.29 Å². The lowest BCUT2D eigenvalue weighted by molar-refractivity contribution is -0.301. The minimum Gasteiger partial charge on any atom is -0.457 e. The van der Waals surface area contributed by atoms with Crippen LogP contribution in [0.15, 0.2) is 72.9 Å². The van der Waals surface area contributed by atoms with E-state index in [9.17, 15) is 28.5 Å². The number of rotatable bonds is 35. The van der Waals surface area contributed by atoms with Crippen LogP contribution in [-0.2, 0) is 38.3 Å². The minimum atomic E-state index is -5.07. The Labute approximate surface area is 343 Å². The highest BCUT2D eigenvalue weighted by molar-refractivity contribution is 7.80. The van der Waals surface area contributed by atoms with Crippen molar-refractivity contribution in [2.45, 2.75) is 173 Å². The second-order valence-corrected chi connectivity index (χ2v) is 15.2. The van der Waals surface area contributed by atoms with Gasteiger partial charge in [-0.2, -0.15) is 8.42 Å². The number of aliphatic hydroxyl groups is 3. The average molecular weight is 827 g/mol. The molecule has 6 unspecified atom stereocenters. The smallest absolute Gasteiger partial charge is 0.397 e. The van der Waals surface area contributed by atoms with Crippen molar-refractivity contribution in [1.29, 1.82) is 0 Å². The minimum absolute atomic E-state index is 0.0119. The zero-order chi connectivity index (χ0) is 41.8. The Morgan fingerprint density at radius 3 is 1.77 bits per heavy atom. The molecule has 1 aliphatic heterocycles.